The SMILES string of the molecule is CCN1CCCC1CNC(=O)c1ccc(OC)c(O)c1. The van der Waals surface area contributed by atoms with Crippen LogP contribution < -0.4 is 10.1 Å². The van der Waals surface area contributed by atoms with Crippen LogP contribution in [0.25, 0.3) is 0 Å². The average molecular weight is 278 g/mol. The van der Waals surface area contributed by atoms with Gasteiger partial charge in [-0.3, -0.25) is 9.69 Å². The zero-order chi connectivity index (χ0) is 14.5. The summed E-state index contributed by atoms with van der Waals surface area (Å²) in [7, 11) is 1.48. The van der Waals surface area contributed by atoms with Crippen molar-refractivity contribution in [3.8, 4) is 11.5 Å². The number of benzene rings is 1. The number of hydrogen-bond acceptors (Lipinski definition) is 4. The summed E-state index contributed by atoms with van der Waals surface area (Å²) < 4.78 is 4.96. The number of phenolic OH excluding ortho intramolecular Hbond substituents is 1. The van der Waals surface area contributed by atoms with Gasteiger partial charge in [0.25, 0.3) is 5.91 Å². The molecule has 1 aromatic carbocycles. The van der Waals surface area contributed by atoms with Crippen molar-refractivity contribution in [3.05, 3.63) is 23.8 Å². The summed E-state index contributed by atoms with van der Waals surface area (Å²) in [6.07, 6.45) is 2.32. The van der Waals surface area contributed by atoms with E-state index >= 15 is 0 Å². The van der Waals surface area contributed by atoms with E-state index in [0.29, 0.717) is 23.9 Å². The minimum atomic E-state index is -0.161. The third-order valence-electron chi connectivity index (χ3n) is 3.84. The van der Waals surface area contributed by atoms with Gasteiger partial charge in [-0.25, -0.2) is 0 Å². The van der Waals surface area contributed by atoms with Gasteiger partial charge in [-0.05, 0) is 44.1 Å². The summed E-state index contributed by atoms with van der Waals surface area (Å²) in [6, 6.07) is 5.11. The molecule has 1 aromatic rings. The fraction of sp³-hybridized carbons (Fsp3) is 0.533. The van der Waals surface area contributed by atoms with Gasteiger partial charge in [-0.1, -0.05) is 6.92 Å². The van der Waals surface area contributed by atoms with Crippen LogP contribution in [-0.2, 0) is 0 Å². The highest BCUT2D eigenvalue weighted by atomic mass is 16.5. The Balaban J connectivity index is 1.93. The van der Waals surface area contributed by atoms with Gasteiger partial charge < -0.3 is 15.2 Å². The summed E-state index contributed by atoms with van der Waals surface area (Å²) in [5.74, 6) is 0.191. The Bertz CT molecular complexity index is 476. The molecule has 0 radical (unpaired) electrons. The number of nitrogens with one attached hydrogen (secondary N) is 1. The molecule has 1 heterocycles. The smallest absolute Gasteiger partial charge is 0.251 e. The fourth-order valence-electron chi connectivity index (χ4n) is 2.69. The predicted molar refractivity (Wildman–Crippen MR) is 77.3 cm³/mol. The molecule has 1 amide bonds. The van der Waals surface area contributed by atoms with Crippen LogP contribution >= 0.6 is 0 Å². The second kappa shape index (κ2) is 6.61. The number of likely N-dealkylation sites (tertiary alicyclic amines) is 1. The molecular formula is C15H22N2O3. The number of likely N-dealkylation sites (N-methyl/N-ethyl adjacent to an activating group) is 1. The molecule has 1 atom stereocenters. The molecule has 1 aliphatic heterocycles. The molecule has 2 N–H and O–H groups in total. The first kappa shape index (κ1) is 14.7. The number of hydrogen-bond donors (Lipinski definition) is 2. The van der Waals surface area contributed by atoms with Gasteiger partial charge in [0.15, 0.2) is 11.5 Å². The molecule has 110 valence electrons. The highest BCUT2D eigenvalue weighted by Gasteiger charge is 2.23. The molecule has 0 bridgehead atoms. The Hall–Kier alpha value is -1.75. The monoisotopic (exact) mass is 278 g/mol. The number of phenols is 1. The largest absolute Gasteiger partial charge is 0.504 e. The van der Waals surface area contributed by atoms with E-state index in [1.54, 1.807) is 12.1 Å². The molecule has 20 heavy (non-hydrogen) atoms. The third-order valence-corrected chi connectivity index (χ3v) is 3.84. The van der Waals surface area contributed by atoms with Gasteiger partial charge in [0.2, 0.25) is 0 Å². The molecule has 1 unspecified atom stereocenters. The Morgan fingerprint density at radius 2 is 2.35 bits per heavy atom. The number of nitrogens with zero attached hydrogens (tertiary/aromatic N) is 1. The lowest BCUT2D eigenvalue weighted by Crippen LogP contribution is -2.40. The summed E-state index contributed by atoms with van der Waals surface area (Å²) in [4.78, 5) is 14.4. The zero-order valence-corrected chi connectivity index (χ0v) is 12.1. The Kier molecular flexibility index (Phi) is 4.84. The number of amides is 1. The second-order valence-corrected chi connectivity index (χ2v) is 5.02. The molecule has 5 nitrogen and oxygen atoms in total. The Morgan fingerprint density at radius 1 is 1.55 bits per heavy atom. The van der Waals surface area contributed by atoms with Crippen molar-refractivity contribution >= 4 is 5.91 Å². The molecule has 2 rings (SSSR count). The molecule has 0 spiro atoms. The maximum atomic E-state index is 12.1. The minimum Gasteiger partial charge on any atom is -0.504 e. The lowest BCUT2D eigenvalue weighted by molar-refractivity contribution is 0.0941. The standard InChI is InChI=1S/C15H22N2O3/c1-3-17-8-4-5-12(17)10-16-15(19)11-6-7-14(20-2)13(18)9-11/h6-7,9,12,18H,3-5,8,10H2,1-2H3,(H,16,19). The van der Waals surface area contributed by atoms with E-state index in [4.69, 9.17) is 4.74 Å². The molecule has 5 heteroatoms. The molecule has 0 saturated carbocycles. The minimum absolute atomic E-state index is 0.0174. The number of aromatic hydroxyl groups is 1. The Labute approximate surface area is 119 Å². The van der Waals surface area contributed by atoms with E-state index in [0.717, 1.165) is 19.5 Å². The van der Waals surface area contributed by atoms with Crippen LogP contribution in [0.2, 0.25) is 0 Å². The Morgan fingerprint density at radius 3 is 3.00 bits per heavy atom. The normalized spacial score (nSPS) is 19.0. The van der Waals surface area contributed by atoms with Crippen molar-refractivity contribution in [1.82, 2.24) is 10.2 Å². The highest BCUT2D eigenvalue weighted by molar-refractivity contribution is 5.94. The van der Waals surface area contributed by atoms with Gasteiger partial charge in [0, 0.05) is 18.2 Å². The summed E-state index contributed by atoms with van der Waals surface area (Å²) >= 11 is 0. The second-order valence-electron chi connectivity index (χ2n) is 5.02. The first-order chi connectivity index (χ1) is 9.65. The van der Waals surface area contributed by atoms with Crippen molar-refractivity contribution in [3.63, 3.8) is 0 Å². The lowest BCUT2D eigenvalue weighted by atomic mass is 10.1. The topological polar surface area (TPSA) is 61.8 Å². The number of methoxy groups -OCH3 is 1. The molecule has 1 fully saturated rings. The van der Waals surface area contributed by atoms with E-state index in [1.165, 1.54) is 19.6 Å². The van der Waals surface area contributed by atoms with Crippen molar-refractivity contribution in [2.45, 2.75) is 25.8 Å². The molecule has 0 aliphatic carbocycles. The van der Waals surface area contributed by atoms with Crippen LogP contribution in [0.15, 0.2) is 18.2 Å². The number of ether oxygens (including phenoxy) is 1. The average Bonchev–Trinajstić information content (AvgIpc) is 2.92. The van der Waals surface area contributed by atoms with E-state index in [-0.39, 0.29) is 11.7 Å². The third kappa shape index (κ3) is 3.22. The molecule has 0 aromatic heterocycles. The maximum Gasteiger partial charge on any atom is 0.251 e. The number of carbonyl (C=O) groups excluding carboxylic acids is 1. The first-order valence-electron chi connectivity index (χ1n) is 7.05. The van der Waals surface area contributed by atoms with Crippen LogP contribution in [0.1, 0.15) is 30.1 Å². The van der Waals surface area contributed by atoms with Crippen LogP contribution in [-0.4, -0.2) is 48.7 Å². The van der Waals surface area contributed by atoms with E-state index in [2.05, 4.69) is 17.1 Å². The van der Waals surface area contributed by atoms with Crippen molar-refractivity contribution in [2.75, 3.05) is 26.7 Å². The van der Waals surface area contributed by atoms with Gasteiger partial charge in [0.1, 0.15) is 0 Å². The van der Waals surface area contributed by atoms with Crippen LogP contribution in [0.3, 0.4) is 0 Å². The van der Waals surface area contributed by atoms with Crippen LogP contribution in [0.5, 0.6) is 11.5 Å². The van der Waals surface area contributed by atoms with Gasteiger partial charge in [-0.2, -0.15) is 0 Å². The van der Waals surface area contributed by atoms with Crippen molar-refractivity contribution < 1.29 is 14.6 Å². The van der Waals surface area contributed by atoms with E-state index in [1.807, 2.05) is 0 Å². The fourth-order valence-corrected chi connectivity index (χ4v) is 2.69. The number of carbonyl (C=O) groups is 1. The van der Waals surface area contributed by atoms with Gasteiger partial charge in [0.05, 0.1) is 7.11 Å². The summed E-state index contributed by atoms with van der Waals surface area (Å²) in [5, 5.41) is 12.6. The van der Waals surface area contributed by atoms with Gasteiger partial charge >= 0.3 is 0 Å². The quantitative estimate of drug-likeness (QED) is 0.859. The first-order valence-corrected chi connectivity index (χ1v) is 7.05. The number of rotatable bonds is 5. The van der Waals surface area contributed by atoms with Crippen LogP contribution in [0.4, 0.5) is 0 Å². The zero-order valence-electron chi connectivity index (χ0n) is 12.1. The summed E-state index contributed by atoms with van der Waals surface area (Å²) in [6.45, 7) is 4.92. The van der Waals surface area contributed by atoms with Crippen molar-refractivity contribution in [2.24, 2.45) is 0 Å². The van der Waals surface area contributed by atoms with Gasteiger partial charge in [-0.15, -0.1) is 0 Å². The molecule has 1 saturated heterocycles. The molecule has 1 aliphatic rings. The predicted octanol–water partition coefficient (Wildman–Crippen LogP) is 1.61. The van der Waals surface area contributed by atoms with E-state index in [9.17, 15) is 9.90 Å². The maximum absolute atomic E-state index is 12.1. The highest BCUT2D eigenvalue weighted by Crippen LogP contribution is 2.26. The lowest BCUT2D eigenvalue weighted by Gasteiger charge is -2.22. The molecular weight excluding hydrogens is 256 g/mol. The van der Waals surface area contributed by atoms with E-state index < -0.39 is 0 Å². The van der Waals surface area contributed by atoms with Crippen LogP contribution in [0, 0.1) is 0 Å². The van der Waals surface area contributed by atoms with Crippen molar-refractivity contribution in [1.29, 1.82) is 0 Å². The summed E-state index contributed by atoms with van der Waals surface area (Å²) in [5.41, 5.74) is 0.448.